The van der Waals surface area contributed by atoms with Crippen molar-refractivity contribution >= 4 is 11.4 Å². The molecule has 0 saturated heterocycles. The second-order valence-electron chi connectivity index (χ2n) is 3.75. The molecule has 1 aliphatic heterocycles. The van der Waals surface area contributed by atoms with E-state index < -0.39 is 0 Å². The normalized spacial score (nSPS) is 16.1. The molecule has 5 nitrogen and oxygen atoms in total. The lowest BCUT2D eigenvalue weighted by molar-refractivity contribution is 0.254. The molecule has 1 N–H and O–H groups in total. The third-order valence-corrected chi connectivity index (χ3v) is 2.40. The molecule has 0 amide bonds. The second-order valence-corrected chi connectivity index (χ2v) is 3.75. The Hall–Kier alpha value is -2.53. The number of nitrogens with zero attached hydrogens (tertiary/aromatic N) is 3. The first-order chi connectivity index (χ1) is 8.22. The van der Waals surface area contributed by atoms with Crippen molar-refractivity contribution in [1.29, 1.82) is 10.5 Å². The smallest absolute Gasteiger partial charge is 0.237 e. The Morgan fingerprint density at radius 2 is 2.24 bits per heavy atom. The van der Waals surface area contributed by atoms with E-state index in [4.69, 9.17) is 15.3 Å². The van der Waals surface area contributed by atoms with Crippen LogP contribution in [0.1, 0.15) is 12.5 Å². The third kappa shape index (κ3) is 2.35. The van der Waals surface area contributed by atoms with Gasteiger partial charge in [-0.15, -0.1) is 0 Å². The van der Waals surface area contributed by atoms with Crippen molar-refractivity contribution in [3.8, 4) is 17.9 Å². The summed E-state index contributed by atoms with van der Waals surface area (Å²) in [4.78, 5) is 0. The molecule has 0 aromatic heterocycles. The maximum Gasteiger partial charge on any atom is 0.237 e. The molecule has 1 aliphatic rings. The molecule has 1 heterocycles. The molecule has 0 aliphatic carbocycles. The number of anilines is 1. The number of hydrazone groups is 1. The van der Waals surface area contributed by atoms with Gasteiger partial charge in [0.25, 0.3) is 0 Å². The van der Waals surface area contributed by atoms with E-state index >= 15 is 0 Å². The largest absolute Gasteiger partial charge is 0.490 e. The Morgan fingerprint density at radius 1 is 1.47 bits per heavy atom. The zero-order valence-corrected chi connectivity index (χ0v) is 9.27. The SMILES string of the molecule is CC1Cc2cc(NN=C(C#N)C#N)ccc2O1. The predicted octanol–water partition coefficient (Wildman–Crippen LogP) is 1.83. The van der Waals surface area contributed by atoms with Crippen molar-refractivity contribution < 1.29 is 4.74 Å². The van der Waals surface area contributed by atoms with Crippen LogP contribution >= 0.6 is 0 Å². The van der Waals surface area contributed by atoms with Gasteiger partial charge in [0.05, 0.1) is 5.69 Å². The van der Waals surface area contributed by atoms with Crippen LogP contribution in [0.2, 0.25) is 0 Å². The summed E-state index contributed by atoms with van der Waals surface area (Å²) >= 11 is 0. The zero-order valence-electron chi connectivity index (χ0n) is 9.27. The monoisotopic (exact) mass is 226 g/mol. The lowest BCUT2D eigenvalue weighted by atomic mass is 10.1. The van der Waals surface area contributed by atoms with Gasteiger partial charge in [0.15, 0.2) is 0 Å². The minimum atomic E-state index is -0.199. The summed E-state index contributed by atoms with van der Waals surface area (Å²) in [5.41, 5.74) is 4.32. The average molecular weight is 226 g/mol. The summed E-state index contributed by atoms with van der Waals surface area (Å²) in [5.74, 6) is 0.882. The molecule has 0 radical (unpaired) electrons. The molecule has 5 heteroatoms. The van der Waals surface area contributed by atoms with Gasteiger partial charge < -0.3 is 4.74 Å². The highest BCUT2D eigenvalue weighted by molar-refractivity contribution is 6.10. The molecule has 2 rings (SSSR count). The molecule has 1 aromatic rings. The number of nitrogens with one attached hydrogen (secondary N) is 1. The summed E-state index contributed by atoms with van der Waals surface area (Å²) in [6.07, 6.45) is 1.05. The van der Waals surface area contributed by atoms with E-state index in [9.17, 15) is 0 Å². The Bertz CT molecular complexity index is 535. The number of fused-ring (bicyclic) bond motifs is 1. The summed E-state index contributed by atoms with van der Waals surface area (Å²) in [6, 6.07) is 8.93. The van der Waals surface area contributed by atoms with Crippen molar-refractivity contribution in [3.05, 3.63) is 23.8 Å². The van der Waals surface area contributed by atoms with Crippen LogP contribution in [0, 0.1) is 22.7 Å². The fourth-order valence-electron chi connectivity index (χ4n) is 1.69. The van der Waals surface area contributed by atoms with Gasteiger partial charge in [-0.3, -0.25) is 5.43 Å². The van der Waals surface area contributed by atoms with Crippen LogP contribution in [-0.4, -0.2) is 11.8 Å². The molecular formula is C12H10N4O. The number of hydrogen-bond acceptors (Lipinski definition) is 5. The van der Waals surface area contributed by atoms with Gasteiger partial charge in [-0.25, -0.2) is 0 Å². The second kappa shape index (κ2) is 4.54. The van der Waals surface area contributed by atoms with Crippen LogP contribution in [0.5, 0.6) is 5.75 Å². The van der Waals surface area contributed by atoms with E-state index in [0.29, 0.717) is 0 Å². The highest BCUT2D eigenvalue weighted by atomic mass is 16.5. The Balaban J connectivity index is 2.16. The molecule has 84 valence electrons. The molecule has 1 unspecified atom stereocenters. The fourth-order valence-corrected chi connectivity index (χ4v) is 1.69. The summed E-state index contributed by atoms with van der Waals surface area (Å²) < 4.78 is 5.56. The molecule has 0 fully saturated rings. The van der Waals surface area contributed by atoms with Crippen molar-refractivity contribution in [2.75, 3.05) is 5.43 Å². The van der Waals surface area contributed by atoms with Gasteiger partial charge in [-0.05, 0) is 30.7 Å². The first kappa shape index (κ1) is 11.0. The van der Waals surface area contributed by atoms with Crippen LogP contribution < -0.4 is 10.2 Å². The van der Waals surface area contributed by atoms with Gasteiger partial charge in [0, 0.05) is 6.42 Å². The molecule has 1 atom stereocenters. The molecule has 1 aromatic carbocycles. The third-order valence-electron chi connectivity index (χ3n) is 2.40. The van der Waals surface area contributed by atoms with Crippen LogP contribution in [-0.2, 0) is 6.42 Å². The summed E-state index contributed by atoms with van der Waals surface area (Å²) in [5, 5.41) is 20.7. The van der Waals surface area contributed by atoms with Crippen LogP contribution in [0.3, 0.4) is 0 Å². The van der Waals surface area contributed by atoms with E-state index in [1.807, 2.05) is 19.1 Å². The Kier molecular flexibility index (Phi) is 2.93. The van der Waals surface area contributed by atoms with E-state index in [2.05, 4.69) is 10.5 Å². The van der Waals surface area contributed by atoms with E-state index in [1.165, 1.54) is 0 Å². The quantitative estimate of drug-likeness (QED) is 0.616. The number of ether oxygens (including phenoxy) is 1. The topological polar surface area (TPSA) is 81.2 Å². The first-order valence-electron chi connectivity index (χ1n) is 5.16. The predicted molar refractivity (Wildman–Crippen MR) is 62.5 cm³/mol. The van der Waals surface area contributed by atoms with Gasteiger partial charge in [-0.1, -0.05) is 0 Å². The van der Waals surface area contributed by atoms with Gasteiger partial charge in [0.2, 0.25) is 5.71 Å². The molecule has 0 spiro atoms. The summed E-state index contributed by atoms with van der Waals surface area (Å²) in [7, 11) is 0. The molecule has 0 bridgehead atoms. The Labute approximate surface area is 98.9 Å². The Morgan fingerprint density at radius 3 is 2.94 bits per heavy atom. The van der Waals surface area contributed by atoms with Crippen molar-refractivity contribution in [1.82, 2.24) is 0 Å². The lowest BCUT2D eigenvalue weighted by Crippen LogP contribution is -2.05. The van der Waals surface area contributed by atoms with Gasteiger partial charge >= 0.3 is 0 Å². The molecule has 17 heavy (non-hydrogen) atoms. The maximum absolute atomic E-state index is 8.53. The van der Waals surface area contributed by atoms with E-state index in [1.54, 1.807) is 18.2 Å². The average Bonchev–Trinajstić information content (AvgIpc) is 2.69. The maximum atomic E-state index is 8.53. The zero-order chi connectivity index (χ0) is 12.3. The minimum Gasteiger partial charge on any atom is -0.490 e. The van der Waals surface area contributed by atoms with E-state index in [0.717, 1.165) is 23.4 Å². The standard InChI is InChI=1S/C12H10N4O/c1-8-4-9-5-10(2-3-12(9)17-8)15-16-11(6-13)7-14/h2-3,5,8,15H,4H2,1H3. The number of rotatable bonds is 2. The molecular weight excluding hydrogens is 216 g/mol. The van der Waals surface area contributed by atoms with Gasteiger partial charge in [0.1, 0.15) is 24.0 Å². The highest BCUT2D eigenvalue weighted by Gasteiger charge is 2.18. The van der Waals surface area contributed by atoms with Crippen molar-refractivity contribution in [2.24, 2.45) is 5.10 Å². The number of benzene rings is 1. The first-order valence-corrected chi connectivity index (χ1v) is 5.16. The van der Waals surface area contributed by atoms with Crippen molar-refractivity contribution in [2.45, 2.75) is 19.4 Å². The summed E-state index contributed by atoms with van der Waals surface area (Å²) in [6.45, 7) is 2.01. The fraction of sp³-hybridized carbons (Fsp3) is 0.250. The highest BCUT2D eigenvalue weighted by Crippen LogP contribution is 2.30. The van der Waals surface area contributed by atoms with Crippen LogP contribution in [0.4, 0.5) is 5.69 Å². The molecule has 0 saturated carbocycles. The van der Waals surface area contributed by atoms with Gasteiger partial charge in [-0.2, -0.15) is 15.6 Å². The van der Waals surface area contributed by atoms with E-state index in [-0.39, 0.29) is 11.8 Å². The van der Waals surface area contributed by atoms with Crippen molar-refractivity contribution in [3.63, 3.8) is 0 Å². The lowest BCUT2D eigenvalue weighted by Gasteiger charge is -2.03. The number of nitriles is 2. The minimum absolute atomic E-state index is 0.192. The number of hydrogen-bond donors (Lipinski definition) is 1. The van der Waals surface area contributed by atoms with Crippen LogP contribution in [0.25, 0.3) is 0 Å². The van der Waals surface area contributed by atoms with Crippen LogP contribution in [0.15, 0.2) is 23.3 Å².